The van der Waals surface area contributed by atoms with Crippen molar-refractivity contribution in [3.8, 4) is 0 Å². The lowest BCUT2D eigenvalue weighted by Crippen LogP contribution is -3.00. The molecular formula is C28H32Cl2P2. The molecule has 0 aromatic heterocycles. The van der Waals surface area contributed by atoms with Crippen LogP contribution in [-0.4, -0.2) is 0 Å². The van der Waals surface area contributed by atoms with E-state index in [1.54, 1.807) is 0 Å². The van der Waals surface area contributed by atoms with E-state index in [0.717, 1.165) is 19.0 Å². The second-order valence-electron chi connectivity index (χ2n) is 7.50. The summed E-state index contributed by atoms with van der Waals surface area (Å²) in [5, 5.41) is 4.44. The Hall–Kier alpha value is -1.68. The van der Waals surface area contributed by atoms with Gasteiger partial charge in [-0.3, -0.25) is 0 Å². The van der Waals surface area contributed by atoms with E-state index >= 15 is 0 Å². The van der Waals surface area contributed by atoms with Crippen molar-refractivity contribution in [2.45, 2.75) is 25.9 Å². The topological polar surface area (TPSA) is 0 Å². The van der Waals surface area contributed by atoms with Crippen molar-refractivity contribution in [3.63, 3.8) is 0 Å². The highest BCUT2D eigenvalue weighted by Gasteiger charge is 2.46. The molecule has 0 fully saturated rings. The van der Waals surface area contributed by atoms with Gasteiger partial charge in [-0.15, -0.1) is 12.4 Å². The van der Waals surface area contributed by atoms with E-state index in [4.69, 9.17) is 0 Å². The number of hydrogen-bond donors (Lipinski definition) is 0. The molecule has 1 atom stereocenters. The molecule has 0 aliphatic carbocycles. The van der Waals surface area contributed by atoms with Crippen LogP contribution in [0.1, 0.15) is 24.5 Å². The van der Waals surface area contributed by atoms with E-state index in [9.17, 15) is 0 Å². The summed E-state index contributed by atoms with van der Waals surface area (Å²) >= 11 is 0. The Balaban J connectivity index is 0.00000171. The summed E-state index contributed by atoms with van der Waals surface area (Å²) in [7, 11) is -1.84. The smallest absolute Gasteiger partial charge is 0.116 e. The van der Waals surface area contributed by atoms with Crippen molar-refractivity contribution in [1.82, 2.24) is 0 Å². The lowest BCUT2D eigenvalue weighted by atomic mass is 10.1. The van der Waals surface area contributed by atoms with Gasteiger partial charge in [0, 0.05) is 0 Å². The average molecular weight is 501 g/mol. The molecule has 0 bridgehead atoms. The van der Waals surface area contributed by atoms with E-state index in [1.807, 2.05) is 0 Å². The molecule has 4 heteroatoms. The van der Waals surface area contributed by atoms with Crippen LogP contribution in [0.3, 0.4) is 0 Å². The van der Waals surface area contributed by atoms with Crippen molar-refractivity contribution in [3.05, 3.63) is 126 Å². The summed E-state index contributed by atoms with van der Waals surface area (Å²) < 4.78 is 0. The van der Waals surface area contributed by atoms with Gasteiger partial charge < -0.3 is 12.4 Å². The van der Waals surface area contributed by atoms with Gasteiger partial charge in [0.2, 0.25) is 0 Å². The number of halogens is 2. The van der Waals surface area contributed by atoms with E-state index < -0.39 is 7.26 Å². The van der Waals surface area contributed by atoms with Crippen LogP contribution >= 0.6 is 29.6 Å². The van der Waals surface area contributed by atoms with Crippen LogP contribution < -0.4 is 28.3 Å². The molecule has 0 nitrogen and oxygen atoms in total. The molecule has 0 N–H and O–H groups in total. The Kier molecular flexibility index (Phi) is 12.2. The minimum atomic E-state index is -1.84. The number of hydrogen-bond acceptors (Lipinski definition) is 0. The standard InChI is InChI=1S/C28H28P.2ClH.H3P/c1-2-14-25-17-12-13-22-28(25)29(26-18-8-4-9-19-26,27-20-10-5-11-21-27)23-24-15-6-3-7-16-24;;;/h3-13,15-22H,2,14,23H2,1H3;2*1H;1H3/q+1;;;/p-1. The van der Waals surface area contributed by atoms with Gasteiger partial charge in [-0.1, -0.05) is 98.3 Å². The van der Waals surface area contributed by atoms with Gasteiger partial charge in [-0.2, -0.15) is 9.90 Å². The molecule has 0 heterocycles. The first-order valence-corrected chi connectivity index (χ1v) is 12.4. The lowest BCUT2D eigenvalue weighted by Gasteiger charge is -2.29. The Morgan fingerprint density at radius 1 is 0.594 bits per heavy atom. The first-order chi connectivity index (χ1) is 14.3. The van der Waals surface area contributed by atoms with Crippen molar-refractivity contribution in [2.24, 2.45) is 0 Å². The minimum Gasteiger partial charge on any atom is -1.00 e. The minimum absolute atomic E-state index is 0. The average Bonchev–Trinajstić information content (AvgIpc) is 2.80. The summed E-state index contributed by atoms with van der Waals surface area (Å²) in [5.41, 5.74) is 2.90. The number of rotatable bonds is 7. The van der Waals surface area contributed by atoms with Crippen LogP contribution in [0.15, 0.2) is 115 Å². The molecule has 4 aromatic carbocycles. The molecule has 1 unspecified atom stereocenters. The number of benzene rings is 4. The van der Waals surface area contributed by atoms with E-state index in [-0.39, 0.29) is 34.7 Å². The number of aryl methyl sites for hydroxylation is 1. The molecule has 0 saturated heterocycles. The molecule has 168 valence electrons. The van der Waals surface area contributed by atoms with Gasteiger partial charge >= 0.3 is 0 Å². The van der Waals surface area contributed by atoms with Gasteiger partial charge in [-0.25, -0.2) is 0 Å². The summed E-state index contributed by atoms with van der Waals surface area (Å²) in [6.45, 7) is 2.28. The fraction of sp³-hybridized carbons (Fsp3) is 0.143. The molecule has 0 aliphatic heterocycles. The predicted molar refractivity (Wildman–Crippen MR) is 148 cm³/mol. The maximum Gasteiger partial charge on any atom is 0.116 e. The van der Waals surface area contributed by atoms with Gasteiger partial charge in [0.15, 0.2) is 0 Å². The monoisotopic (exact) mass is 500 g/mol. The fourth-order valence-corrected chi connectivity index (χ4v) is 8.81. The zero-order chi connectivity index (χ0) is 19.9. The Bertz CT molecular complexity index is 999. The second kappa shape index (κ2) is 13.8. The normalized spacial score (nSPS) is 10.3. The Labute approximate surface area is 209 Å². The Morgan fingerprint density at radius 2 is 1.03 bits per heavy atom. The highest BCUT2D eigenvalue weighted by atomic mass is 35.5. The van der Waals surface area contributed by atoms with Crippen molar-refractivity contribution in [2.75, 3.05) is 0 Å². The Morgan fingerprint density at radius 3 is 1.53 bits per heavy atom. The highest BCUT2D eigenvalue weighted by molar-refractivity contribution is 7.95. The third-order valence-corrected chi connectivity index (χ3v) is 10.0. The van der Waals surface area contributed by atoms with Gasteiger partial charge in [-0.05, 0) is 47.9 Å². The second-order valence-corrected chi connectivity index (χ2v) is 11.0. The largest absolute Gasteiger partial charge is 1.00 e. The van der Waals surface area contributed by atoms with Gasteiger partial charge in [0.05, 0.1) is 6.16 Å². The van der Waals surface area contributed by atoms with E-state index in [1.165, 1.54) is 27.0 Å². The summed E-state index contributed by atoms with van der Waals surface area (Å²) in [4.78, 5) is 0. The maximum absolute atomic E-state index is 2.39. The molecule has 0 aliphatic rings. The lowest BCUT2D eigenvalue weighted by molar-refractivity contribution is -0.00000605. The molecule has 0 amide bonds. The molecular weight excluding hydrogens is 469 g/mol. The van der Waals surface area contributed by atoms with Crippen molar-refractivity contribution >= 4 is 45.5 Å². The third-order valence-electron chi connectivity index (χ3n) is 5.58. The van der Waals surface area contributed by atoms with Crippen LogP contribution in [-0.2, 0) is 12.6 Å². The first kappa shape index (κ1) is 28.4. The predicted octanol–water partition coefficient (Wildman–Crippen LogP) is 3.62. The molecule has 4 rings (SSSR count). The first-order valence-electron chi connectivity index (χ1n) is 10.5. The third kappa shape index (κ3) is 6.01. The SMILES string of the molecule is CCCc1ccccc1[P+](Cc1ccccc1)(c1ccccc1)c1ccccc1.Cl.P.[Cl-]. The molecule has 0 saturated carbocycles. The van der Waals surface area contributed by atoms with Gasteiger partial charge in [0.1, 0.15) is 23.2 Å². The molecule has 32 heavy (non-hydrogen) atoms. The van der Waals surface area contributed by atoms with E-state index in [2.05, 4.69) is 122 Å². The van der Waals surface area contributed by atoms with E-state index in [0.29, 0.717) is 0 Å². The maximum atomic E-state index is 2.39. The molecule has 0 spiro atoms. The zero-order valence-corrected chi connectivity index (χ0v) is 22.4. The van der Waals surface area contributed by atoms with Crippen molar-refractivity contribution in [1.29, 1.82) is 0 Å². The zero-order valence-electron chi connectivity index (χ0n) is 18.5. The highest BCUT2D eigenvalue weighted by Crippen LogP contribution is 2.58. The quantitative estimate of drug-likeness (QED) is 0.340. The summed E-state index contributed by atoms with van der Waals surface area (Å²) in [6, 6.07) is 42.5. The molecule has 0 radical (unpaired) electrons. The van der Waals surface area contributed by atoms with Crippen LogP contribution in [0, 0.1) is 0 Å². The molecule has 4 aromatic rings. The van der Waals surface area contributed by atoms with Gasteiger partial charge in [0.25, 0.3) is 0 Å². The summed E-state index contributed by atoms with van der Waals surface area (Å²) in [6.07, 6.45) is 3.32. The van der Waals surface area contributed by atoms with Crippen LogP contribution in [0.25, 0.3) is 0 Å². The van der Waals surface area contributed by atoms with Crippen LogP contribution in [0.5, 0.6) is 0 Å². The summed E-state index contributed by atoms with van der Waals surface area (Å²) in [5.74, 6) is 0. The van der Waals surface area contributed by atoms with Crippen LogP contribution in [0.4, 0.5) is 0 Å². The van der Waals surface area contributed by atoms with Crippen molar-refractivity contribution < 1.29 is 12.4 Å². The fourth-order valence-electron chi connectivity index (χ4n) is 4.28. The van der Waals surface area contributed by atoms with Crippen LogP contribution in [0.2, 0.25) is 0 Å².